The molecule has 0 amide bonds. The first-order chi connectivity index (χ1) is 9.08. The van der Waals surface area contributed by atoms with Gasteiger partial charge in [-0.1, -0.05) is 29.3 Å². The molecular formula is C13H14Cl2N2O2. The summed E-state index contributed by atoms with van der Waals surface area (Å²) in [5, 5.41) is 1.85. The van der Waals surface area contributed by atoms with Gasteiger partial charge in [-0.3, -0.25) is 4.79 Å². The lowest BCUT2D eigenvalue weighted by Gasteiger charge is -2.05. The van der Waals surface area contributed by atoms with Crippen molar-refractivity contribution in [2.45, 2.75) is 13.0 Å². The predicted octanol–water partition coefficient (Wildman–Crippen LogP) is 2.62. The van der Waals surface area contributed by atoms with E-state index in [1.165, 1.54) is 7.11 Å². The van der Waals surface area contributed by atoms with Crippen molar-refractivity contribution in [1.82, 2.24) is 4.57 Å². The highest BCUT2D eigenvalue weighted by Gasteiger charge is 2.15. The first-order valence-corrected chi connectivity index (χ1v) is 6.56. The SMILES string of the molecule is COC(=O)Cc1cn(CCN)c2c(Cl)c(Cl)ccc12. The Hall–Kier alpha value is -1.23. The fourth-order valence-corrected chi connectivity index (χ4v) is 2.51. The number of ether oxygens (including phenoxy) is 1. The number of benzene rings is 1. The second kappa shape index (κ2) is 5.82. The van der Waals surface area contributed by atoms with E-state index < -0.39 is 0 Å². The third-order valence-corrected chi connectivity index (χ3v) is 3.74. The molecule has 0 unspecified atom stereocenters. The normalized spacial score (nSPS) is 10.9. The zero-order valence-corrected chi connectivity index (χ0v) is 12.0. The molecule has 0 fully saturated rings. The summed E-state index contributed by atoms with van der Waals surface area (Å²) in [6.45, 7) is 1.09. The van der Waals surface area contributed by atoms with E-state index in [2.05, 4.69) is 0 Å². The van der Waals surface area contributed by atoms with Gasteiger partial charge in [0.1, 0.15) is 0 Å². The third-order valence-electron chi connectivity index (χ3n) is 2.95. The molecule has 0 saturated carbocycles. The second-order valence-corrected chi connectivity index (χ2v) is 4.93. The highest BCUT2D eigenvalue weighted by molar-refractivity contribution is 6.45. The summed E-state index contributed by atoms with van der Waals surface area (Å²) in [6.07, 6.45) is 2.07. The van der Waals surface area contributed by atoms with Crippen molar-refractivity contribution in [2.24, 2.45) is 5.73 Å². The van der Waals surface area contributed by atoms with E-state index in [-0.39, 0.29) is 12.4 Å². The largest absolute Gasteiger partial charge is 0.469 e. The van der Waals surface area contributed by atoms with Crippen LogP contribution in [0.4, 0.5) is 0 Å². The number of hydrogen-bond donors (Lipinski definition) is 1. The number of carbonyl (C=O) groups excluding carboxylic acids is 1. The molecule has 0 spiro atoms. The lowest BCUT2D eigenvalue weighted by atomic mass is 10.1. The Morgan fingerprint density at radius 1 is 1.42 bits per heavy atom. The predicted molar refractivity (Wildman–Crippen MR) is 76.7 cm³/mol. The number of fused-ring (bicyclic) bond motifs is 1. The van der Waals surface area contributed by atoms with Crippen LogP contribution in [-0.4, -0.2) is 24.2 Å². The molecule has 0 bridgehead atoms. The van der Waals surface area contributed by atoms with E-state index in [1.54, 1.807) is 6.07 Å². The van der Waals surface area contributed by atoms with Gasteiger partial charge in [0.15, 0.2) is 0 Å². The standard InChI is InChI=1S/C13H14Cl2N2O2/c1-19-11(18)6-8-7-17(5-4-16)13-9(8)2-3-10(14)12(13)15/h2-3,7H,4-6,16H2,1H3. The van der Waals surface area contributed by atoms with Gasteiger partial charge >= 0.3 is 5.97 Å². The Labute approximate surface area is 121 Å². The number of rotatable bonds is 4. The first kappa shape index (κ1) is 14.2. The van der Waals surface area contributed by atoms with Crippen molar-refractivity contribution < 1.29 is 9.53 Å². The number of halogens is 2. The van der Waals surface area contributed by atoms with Crippen LogP contribution in [0.1, 0.15) is 5.56 Å². The molecule has 2 rings (SSSR count). The molecule has 1 heterocycles. The van der Waals surface area contributed by atoms with E-state index in [1.807, 2.05) is 16.8 Å². The smallest absolute Gasteiger partial charge is 0.310 e. The number of nitrogens with two attached hydrogens (primary N) is 1. The van der Waals surface area contributed by atoms with Crippen molar-refractivity contribution in [1.29, 1.82) is 0 Å². The Morgan fingerprint density at radius 3 is 2.79 bits per heavy atom. The van der Waals surface area contributed by atoms with Crippen molar-refractivity contribution in [3.8, 4) is 0 Å². The highest BCUT2D eigenvalue weighted by Crippen LogP contribution is 2.34. The van der Waals surface area contributed by atoms with Crippen LogP contribution in [0.5, 0.6) is 0 Å². The maximum atomic E-state index is 11.4. The number of carbonyl (C=O) groups is 1. The summed E-state index contributed by atoms with van der Waals surface area (Å²) in [7, 11) is 1.37. The van der Waals surface area contributed by atoms with Crippen LogP contribution >= 0.6 is 23.2 Å². The van der Waals surface area contributed by atoms with Crippen molar-refractivity contribution in [3.63, 3.8) is 0 Å². The zero-order chi connectivity index (χ0) is 14.0. The minimum absolute atomic E-state index is 0.197. The fourth-order valence-electron chi connectivity index (χ4n) is 2.09. The molecule has 102 valence electrons. The van der Waals surface area contributed by atoms with Crippen LogP contribution in [0, 0.1) is 0 Å². The Bertz CT molecular complexity index is 623. The number of nitrogens with zero attached hydrogens (tertiary/aromatic N) is 1. The molecule has 4 nitrogen and oxygen atoms in total. The molecule has 2 aromatic rings. The van der Waals surface area contributed by atoms with Crippen molar-refractivity contribution in [2.75, 3.05) is 13.7 Å². The van der Waals surface area contributed by atoms with Gasteiger partial charge in [0.05, 0.1) is 29.1 Å². The van der Waals surface area contributed by atoms with Crippen LogP contribution in [0.3, 0.4) is 0 Å². The summed E-state index contributed by atoms with van der Waals surface area (Å²) in [5.74, 6) is -0.294. The van der Waals surface area contributed by atoms with Crippen LogP contribution in [0.25, 0.3) is 10.9 Å². The summed E-state index contributed by atoms with van der Waals surface area (Å²) >= 11 is 12.3. The second-order valence-electron chi connectivity index (χ2n) is 4.15. The Balaban J connectivity index is 2.60. The summed E-state index contributed by atoms with van der Waals surface area (Å²) in [5.41, 5.74) is 7.25. The molecule has 0 saturated heterocycles. The van der Waals surface area contributed by atoms with Gasteiger partial charge in [-0.25, -0.2) is 0 Å². The summed E-state index contributed by atoms with van der Waals surface area (Å²) < 4.78 is 6.61. The Kier molecular flexibility index (Phi) is 4.34. The summed E-state index contributed by atoms with van der Waals surface area (Å²) in [6, 6.07) is 3.58. The van der Waals surface area contributed by atoms with Crippen molar-refractivity contribution in [3.05, 3.63) is 33.9 Å². The highest BCUT2D eigenvalue weighted by atomic mass is 35.5. The molecule has 0 atom stereocenters. The Morgan fingerprint density at radius 2 is 2.16 bits per heavy atom. The quantitative estimate of drug-likeness (QED) is 0.883. The minimum Gasteiger partial charge on any atom is -0.469 e. The zero-order valence-electron chi connectivity index (χ0n) is 10.5. The molecule has 1 aromatic heterocycles. The maximum absolute atomic E-state index is 11.4. The van der Waals surface area contributed by atoms with E-state index >= 15 is 0 Å². The molecule has 19 heavy (non-hydrogen) atoms. The lowest BCUT2D eigenvalue weighted by molar-refractivity contribution is -0.139. The molecule has 0 aliphatic heterocycles. The molecule has 1 aromatic carbocycles. The number of hydrogen-bond acceptors (Lipinski definition) is 3. The van der Waals surface area contributed by atoms with Gasteiger partial charge in [0.2, 0.25) is 0 Å². The fraction of sp³-hybridized carbons (Fsp3) is 0.308. The number of aromatic nitrogens is 1. The molecule has 0 radical (unpaired) electrons. The topological polar surface area (TPSA) is 57.2 Å². The van der Waals surface area contributed by atoms with E-state index in [0.29, 0.717) is 23.1 Å². The third kappa shape index (κ3) is 2.71. The molecule has 6 heteroatoms. The molecule has 2 N–H and O–H groups in total. The average molecular weight is 301 g/mol. The molecule has 0 aliphatic carbocycles. The minimum atomic E-state index is -0.294. The molecule has 0 aliphatic rings. The lowest BCUT2D eigenvalue weighted by Crippen LogP contribution is -2.09. The first-order valence-electron chi connectivity index (χ1n) is 5.81. The van der Waals surface area contributed by atoms with E-state index in [4.69, 9.17) is 33.7 Å². The van der Waals surface area contributed by atoms with Crippen molar-refractivity contribution >= 4 is 40.1 Å². The summed E-state index contributed by atoms with van der Waals surface area (Å²) in [4.78, 5) is 11.4. The van der Waals surface area contributed by atoms with Crippen LogP contribution in [0.2, 0.25) is 10.0 Å². The maximum Gasteiger partial charge on any atom is 0.310 e. The number of esters is 1. The van der Waals surface area contributed by atoms with Gasteiger partial charge in [0.25, 0.3) is 0 Å². The van der Waals surface area contributed by atoms with Gasteiger partial charge in [0, 0.05) is 24.7 Å². The van der Waals surface area contributed by atoms with Gasteiger partial charge in [-0.2, -0.15) is 0 Å². The monoisotopic (exact) mass is 300 g/mol. The average Bonchev–Trinajstić information content (AvgIpc) is 2.73. The number of methoxy groups -OCH3 is 1. The van der Waals surface area contributed by atoms with Gasteiger partial charge < -0.3 is 15.0 Å². The molecular weight excluding hydrogens is 287 g/mol. The van der Waals surface area contributed by atoms with E-state index in [0.717, 1.165) is 16.5 Å². The van der Waals surface area contributed by atoms with Crippen LogP contribution in [0.15, 0.2) is 18.3 Å². The van der Waals surface area contributed by atoms with Crippen LogP contribution in [-0.2, 0) is 22.5 Å². The van der Waals surface area contributed by atoms with Crippen LogP contribution < -0.4 is 5.73 Å². The van der Waals surface area contributed by atoms with E-state index in [9.17, 15) is 4.79 Å². The van der Waals surface area contributed by atoms with Gasteiger partial charge in [-0.05, 0) is 11.6 Å². The van der Waals surface area contributed by atoms with Gasteiger partial charge in [-0.15, -0.1) is 0 Å².